The molecule has 0 bridgehead atoms. The largest absolute Gasteiger partial charge is 0.466 e. The fourth-order valence-electron chi connectivity index (χ4n) is 1.72. The second-order valence-corrected chi connectivity index (χ2v) is 9.02. The molecule has 2 atom stereocenters. The quantitative estimate of drug-likeness (QED) is 0.242. The second kappa shape index (κ2) is 12.9. The van der Waals surface area contributed by atoms with Gasteiger partial charge >= 0.3 is 16.5 Å². The van der Waals surface area contributed by atoms with Gasteiger partial charge in [0, 0.05) is 13.2 Å². The van der Waals surface area contributed by atoms with Gasteiger partial charge < -0.3 is 28.3 Å². The Morgan fingerprint density at radius 1 is 1.19 bits per heavy atom. The first kappa shape index (κ1) is 17.4. The van der Waals surface area contributed by atoms with Crippen LogP contribution in [0, 0.1) is 5.92 Å². The summed E-state index contributed by atoms with van der Waals surface area (Å²) in [4.78, 5) is 0. The fourth-order valence-corrected chi connectivity index (χ4v) is 3.50. The molecule has 0 fully saturated rings. The molecule has 0 aliphatic carbocycles. The number of hydrogen-bond donors (Lipinski definition) is 0. The van der Waals surface area contributed by atoms with E-state index in [4.69, 9.17) is 9.47 Å². The Bertz CT molecular complexity index is 147. The molecule has 0 aromatic rings. The maximum Gasteiger partial charge on any atom is 0.466 e. The summed E-state index contributed by atoms with van der Waals surface area (Å²) in [5.41, 5.74) is 0. The van der Waals surface area contributed by atoms with Crippen LogP contribution in [-0.2, 0) is 9.47 Å². The van der Waals surface area contributed by atoms with Crippen molar-refractivity contribution in [3.05, 3.63) is 0 Å². The molecule has 2 nitrogen and oxygen atoms in total. The van der Waals surface area contributed by atoms with Gasteiger partial charge in [0.25, 0.3) is 0 Å². The van der Waals surface area contributed by atoms with E-state index in [1.807, 2.05) is 0 Å². The second-order valence-electron chi connectivity index (χ2n) is 4.68. The van der Waals surface area contributed by atoms with Gasteiger partial charge in [0.2, 0.25) is 0 Å². The van der Waals surface area contributed by atoms with Gasteiger partial charge in [-0.3, -0.25) is 0 Å². The lowest BCUT2D eigenvalue weighted by Crippen LogP contribution is -2.05. The van der Waals surface area contributed by atoms with Crippen LogP contribution >= 0.6 is 18.9 Å². The molecule has 0 aromatic carbocycles. The highest BCUT2D eigenvalue weighted by molar-refractivity contribution is 14.1. The van der Waals surface area contributed by atoms with Crippen molar-refractivity contribution in [2.75, 3.05) is 20.0 Å². The van der Waals surface area contributed by atoms with Crippen LogP contribution in [0.15, 0.2) is 0 Å². The van der Waals surface area contributed by atoms with Crippen LogP contribution in [-0.4, -0.2) is 36.5 Å². The Labute approximate surface area is 120 Å². The van der Waals surface area contributed by atoms with Crippen molar-refractivity contribution in [1.29, 1.82) is 0 Å². The third-order valence-corrected chi connectivity index (χ3v) is 7.94. The van der Waals surface area contributed by atoms with E-state index in [2.05, 4.69) is 39.6 Å². The summed E-state index contributed by atoms with van der Waals surface area (Å²) in [7, 11) is 0. The van der Waals surface area contributed by atoms with Crippen LogP contribution in [0.5, 0.6) is 0 Å². The molecule has 0 aromatic heterocycles. The van der Waals surface area contributed by atoms with E-state index >= 15 is 0 Å². The average Bonchev–Trinajstić information content (AvgIpc) is 2.27. The summed E-state index contributed by atoms with van der Waals surface area (Å²) in [6.45, 7) is 9.01. The Morgan fingerprint density at radius 3 is 2.50 bits per heavy atom. The highest BCUT2D eigenvalue weighted by Gasteiger charge is 2.09. The summed E-state index contributed by atoms with van der Waals surface area (Å²) in [6.07, 6.45) is 4.94. The van der Waals surface area contributed by atoms with Gasteiger partial charge in [0.05, 0.1) is 0 Å². The third kappa shape index (κ3) is 11.9. The van der Waals surface area contributed by atoms with E-state index in [1.54, 1.807) is 0 Å². The number of ether oxygens (including phenoxy) is 2. The van der Waals surface area contributed by atoms with E-state index in [0.29, 0.717) is 6.79 Å². The first-order valence-corrected chi connectivity index (χ1v) is 12.3. The van der Waals surface area contributed by atoms with Crippen molar-refractivity contribution in [3.63, 3.8) is 0 Å². The number of halogens is 1. The molecule has 0 aliphatic heterocycles. The lowest BCUT2D eigenvalue weighted by molar-refractivity contribution is -0.0548. The van der Waals surface area contributed by atoms with Crippen LogP contribution in [0.3, 0.4) is 0 Å². The van der Waals surface area contributed by atoms with Crippen molar-refractivity contribution >= 4 is 35.3 Å². The van der Waals surface area contributed by atoms with Gasteiger partial charge in [-0.05, 0) is 25.2 Å². The lowest BCUT2D eigenvalue weighted by atomic mass is 10.0. The molecule has 0 heterocycles. The van der Waals surface area contributed by atoms with Gasteiger partial charge in [0.1, 0.15) is 6.79 Å². The topological polar surface area (TPSA) is 18.5 Å². The number of rotatable bonds is 11. The normalized spacial score (nSPS) is 14.5. The summed E-state index contributed by atoms with van der Waals surface area (Å²) in [6, 6.07) is 0. The van der Waals surface area contributed by atoms with Crippen molar-refractivity contribution in [2.45, 2.75) is 50.5 Å². The Balaban J connectivity index is 3.18. The van der Waals surface area contributed by atoms with Crippen molar-refractivity contribution in [3.8, 4) is 0 Å². The van der Waals surface area contributed by atoms with Gasteiger partial charge in [-0.15, -0.1) is 4.05 Å². The van der Waals surface area contributed by atoms with Crippen molar-refractivity contribution in [1.82, 2.24) is 0 Å². The Kier molecular flexibility index (Phi) is 14.0. The van der Waals surface area contributed by atoms with Crippen molar-refractivity contribution < 1.29 is 9.47 Å². The predicted molar refractivity (Wildman–Crippen MR) is 79.3 cm³/mol. The summed E-state index contributed by atoms with van der Waals surface area (Å²) in [5, 5.41) is 0. The van der Waals surface area contributed by atoms with Crippen LogP contribution in [0.2, 0.25) is 4.05 Å². The fraction of sp³-hybridized carbons (Fsp3) is 1.00. The zero-order valence-corrected chi connectivity index (χ0v) is 14.6. The minimum atomic E-state index is 0.172. The Morgan fingerprint density at radius 2 is 1.88 bits per heavy atom. The van der Waals surface area contributed by atoms with E-state index in [9.17, 15) is 0 Å². The molecule has 0 aliphatic rings. The number of hydrogen-bond acceptors (Lipinski definition) is 2. The molecule has 4 heteroatoms. The smallest absolute Gasteiger partial charge is 0.355 e. The maximum atomic E-state index is 5.40. The predicted octanol–water partition coefficient (Wildman–Crippen LogP) is 4.06. The molecule has 0 amide bonds. The zero-order valence-electron chi connectivity index (χ0n) is 11.0. The summed E-state index contributed by atoms with van der Waals surface area (Å²) < 4.78 is 11.6. The first-order valence-electron chi connectivity index (χ1n) is 6.42. The molecule has 16 heavy (non-hydrogen) atoms. The minimum Gasteiger partial charge on any atom is -0.355 e. The van der Waals surface area contributed by atoms with Crippen molar-refractivity contribution in [2.24, 2.45) is 5.92 Å². The van der Waals surface area contributed by atoms with E-state index in [0.717, 1.165) is 29.6 Å². The van der Waals surface area contributed by atoms with Crippen LogP contribution in [0.25, 0.3) is 0 Å². The van der Waals surface area contributed by atoms with E-state index in [1.165, 1.54) is 19.3 Å². The molecule has 94 valence electrons. The van der Waals surface area contributed by atoms with Crippen LogP contribution in [0.4, 0.5) is 0 Å². The molecule has 0 radical (unpaired) electrons. The van der Waals surface area contributed by atoms with E-state index in [-0.39, 0.29) is 16.5 Å². The monoisotopic (exact) mass is 352 g/mol. The van der Waals surface area contributed by atoms with Gasteiger partial charge in [-0.1, -0.05) is 27.2 Å². The Hall–Kier alpha value is 1.42. The van der Waals surface area contributed by atoms with E-state index < -0.39 is 0 Å². The summed E-state index contributed by atoms with van der Waals surface area (Å²) in [5.74, 6) is 0.859. The van der Waals surface area contributed by atoms with Crippen LogP contribution in [0.1, 0.15) is 46.5 Å². The van der Waals surface area contributed by atoms with Gasteiger partial charge in [-0.2, -0.15) is 0 Å². The molecule has 0 N–H and O–H groups in total. The highest BCUT2D eigenvalue weighted by atomic mass is 127. The average molecular weight is 353 g/mol. The molecule has 0 spiro atoms. The van der Waals surface area contributed by atoms with Gasteiger partial charge in [-0.25, -0.2) is 0 Å². The maximum absolute atomic E-state index is 5.40. The molecule has 0 saturated heterocycles. The minimum absolute atomic E-state index is 0.172. The standard InChI is InChI=1S/C12H25O2.HI.Mg/c1-4-7-12(3)8-6-10-14-11-13-9-5-2;;/h4,12H,5-11H2,1-3H3;1H;/q;;+1/p-1. The summed E-state index contributed by atoms with van der Waals surface area (Å²) >= 11 is 2.78. The molecule has 2 unspecified atom stereocenters. The molecule has 0 rings (SSSR count). The molecule has 0 saturated carbocycles. The lowest BCUT2D eigenvalue weighted by Gasteiger charge is -2.15. The van der Waals surface area contributed by atoms with Gasteiger partial charge in [0.15, 0.2) is 0 Å². The molecular weight excluding hydrogens is 327 g/mol. The SMILES string of the molecule is CCCOCOCCCC(C)C[CH](C)[Mg][I]. The first-order chi connectivity index (χ1) is 7.70. The molecular formula is C12H25IMgO2. The highest BCUT2D eigenvalue weighted by Crippen LogP contribution is 2.21. The zero-order chi connectivity index (χ0) is 12.2. The van der Waals surface area contributed by atoms with Crippen LogP contribution < -0.4 is 0 Å². The third-order valence-electron chi connectivity index (χ3n) is 2.57.